The molecule has 7 heteroatoms. The number of hydrogen-bond acceptors (Lipinski definition) is 5. The van der Waals surface area contributed by atoms with Gasteiger partial charge in [0.1, 0.15) is 11.9 Å². The number of benzene rings is 1. The van der Waals surface area contributed by atoms with E-state index in [1.807, 2.05) is 6.92 Å². The van der Waals surface area contributed by atoms with E-state index in [-0.39, 0.29) is 30.4 Å². The lowest BCUT2D eigenvalue weighted by Crippen LogP contribution is -2.40. The first kappa shape index (κ1) is 15.9. The van der Waals surface area contributed by atoms with E-state index in [1.165, 1.54) is 6.07 Å². The van der Waals surface area contributed by atoms with Gasteiger partial charge in [0.2, 0.25) is 11.7 Å². The molecule has 2 heterocycles. The summed E-state index contributed by atoms with van der Waals surface area (Å²) in [4.78, 5) is 4.38. The van der Waals surface area contributed by atoms with Gasteiger partial charge in [-0.15, -0.1) is 12.4 Å². The summed E-state index contributed by atoms with van der Waals surface area (Å²) < 4.78 is 24.1. The van der Waals surface area contributed by atoms with Crippen LogP contribution in [0, 0.1) is 12.7 Å². The van der Waals surface area contributed by atoms with Gasteiger partial charge in [0.15, 0.2) is 0 Å². The molecule has 0 amide bonds. The Morgan fingerprint density at radius 3 is 2.90 bits per heavy atom. The molecule has 1 saturated heterocycles. The van der Waals surface area contributed by atoms with Crippen LogP contribution in [-0.2, 0) is 4.74 Å². The van der Waals surface area contributed by atoms with Gasteiger partial charge in [-0.1, -0.05) is 5.16 Å². The third kappa shape index (κ3) is 3.23. The zero-order chi connectivity index (χ0) is 14.1. The highest BCUT2D eigenvalue weighted by atomic mass is 35.5. The average molecular weight is 314 g/mol. The molecule has 0 spiro atoms. The molecule has 3 rings (SSSR count). The summed E-state index contributed by atoms with van der Waals surface area (Å²) >= 11 is 0. The lowest BCUT2D eigenvalue weighted by atomic mass is 10.1. The zero-order valence-electron chi connectivity index (χ0n) is 11.8. The predicted octanol–water partition coefficient (Wildman–Crippen LogP) is 2.66. The smallest absolute Gasteiger partial charge is 0.246 e. The molecule has 0 saturated carbocycles. The third-order valence-corrected chi connectivity index (χ3v) is 3.44. The highest BCUT2D eigenvalue weighted by Gasteiger charge is 2.28. The van der Waals surface area contributed by atoms with Crippen LogP contribution in [0.4, 0.5) is 4.39 Å². The minimum atomic E-state index is -0.242. The Kier molecular flexibility index (Phi) is 4.92. The minimum Gasteiger partial charge on any atom is -0.375 e. The summed E-state index contributed by atoms with van der Waals surface area (Å²) in [6.45, 7) is 5.10. The molecule has 1 N–H and O–H groups in total. The van der Waals surface area contributed by atoms with Gasteiger partial charge in [0, 0.05) is 12.1 Å². The molecule has 5 nitrogen and oxygen atoms in total. The van der Waals surface area contributed by atoms with Gasteiger partial charge in [-0.2, -0.15) is 4.98 Å². The van der Waals surface area contributed by atoms with Gasteiger partial charge >= 0.3 is 0 Å². The molecule has 114 valence electrons. The van der Waals surface area contributed by atoms with Gasteiger partial charge in [-0.3, -0.25) is 0 Å². The second-order valence-electron chi connectivity index (χ2n) is 4.93. The van der Waals surface area contributed by atoms with Gasteiger partial charge in [0.25, 0.3) is 0 Å². The van der Waals surface area contributed by atoms with Crippen molar-refractivity contribution >= 4 is 12.4 Å². The highest BCUT2D eigenvalue weighted by molar-refractivity contribution is 5.85. The molecular formula is C14H17ClFN3O2. The van der Waals surface area contributed by atoms with Crippen LogP contribution in [0.5, 0.6) is 0 Å². The molecule has 1 aromatic heterocycles. The van der Waals surface area contributed by atoms with Crippen molar-refractivity contribution in [3.63, 3.8) is 0 Å². The van der Waals surface area contributed by atoms with Crippen LogP contribution in [0.3, 0.4) is 0 Å². The molecular weight excluding hydrogens is 297 g/mol. The topological polar surface area (TPSA) is 60.2 Å². The Morgan fingerprint density at radius 1 is 1.38 bits per heavy atom. The second kappa shape index (κ2) is 6.51. The number of morpholine rings is 1. The Balaban J connectivity index is 0.00000161. The van der Waals surface area contributed by atoms with E-state index in [2.05, 4.69) is 15.5 Å². The average Bonchev–Trinajstić information content (AvgIpc) is 2.92. The summed E-state index contributed by atoms with van der Waals surface area (Å²) in [5.74, 6) is 0.713. The number of aromatic nitrogens is 2. The molecule has 2 aromatic rings. The van der Waals surface area contributed by atoms with Crippen molar-refractivity contribution in [2.24, 2.45) is 0 Å². The number of rotatable bonds is 2. The molecule has 0 bridgehead atoms. The summed E-state index contributed by atoms with van der Waals surface area (Å²) in [6.07, 6.45) is -0.0213. The summed E-state index contributed by atoms with van der Waals surface area (Å²) in [5.41, 5.74) is 1.30. The van der Waals surface area contributed by atoms with E-state index in [1.54, 1.807) is 19.1 Å². The number of hydrogen-bond donors (Lipinski definition) is 1. The Hall–Kier alpha value is -1.50. The maximum absolute atomic E-state index is 13.3. The quantitative estimate of drug-likeness (QED) is 0.923. The fraction of sp³-hybridized carbons (Fsp3) is 0.429. The second-order valence-corrected chi connectivity index (χ2v) is 4.93. The zero-order valence-corrected chi connectivity index (χ0v) is 12.6. The lowest BCUT2D eigenvalue weighted by Gasteiger charge is -2.27. The maximum atomic E-state index is 13.3. The lowest BCUT2D eigenvalue weighted by molar-refractivity contribution is -0.00136. The molecule has 0 aliphatic carbocycles. The first-order valence-electron chi connectivity index (χ1n) is 6.60. The molecule has 1 aromatic carbocycles. The number of ether oxygens (including phenoxy) is 1. The fourth-order valence-corrected chi connectivity index (χ4v) is 2.27. The molecule has 21 heavy (non-hydrogen) atoms. The third-order valence-electron chi connectivity index (χ3n) is 3.44. The van der Waals surface area contributed by atoms with Crippen LogP contribution in [0.1, 0.15) is 24.4 Å². The number of nitrogens with zero attached hydrogens (tertiary/aromatic N) is 2. The molecule has 1 aliphatic heterocycles. The van der Waals surface area contributed by atoms with E-state index < -0.39 is 0 Å². The molecule has 1 fully saturated rings. The van der Waals surface area contributed by atoms with E-state index in [9.17, 15) is 4.39 Å². The maximum Gasteiger partial charge on any atom is 0.246 e. The SMILES string of the molecule is Cc1cc(-c2noc([C@H]3NCCO[C@@H]3C)n2)ccc1F.Cl. The van der Waals surface area contributed by atoms with Crippen molar-refractivity contribution in [3.05, 3.63) is 35.5 Å². The van der Waals surface area contributed by atoms with Gasteiger partial charge in [-0.25, -0.2) is 4.39 Å². The van der Waals surface area contributed by atoms with E-state index >= 15 is 0 Å². The van der Waals surface area contributed by atoms with Crippen molar-refractivity contribution in [3.8, 4) is 11.4 Å². The van der Waals surface area contributed by atoms with Gasteiger partial charge < -0.3 is 14.6 Å². The van der Waals surface area contributed by atoms with Crippen LogP contribution in [0.25, 0.3) is 11.4 Å². The van der Waals surface area contributed by atoms with Crippen molar-refractivity contribution in [2.75, 3.05) is 13.2 Å². The first-order valence-corrected chi connectivity index (χ1v) is 6.60. The largest absolute Gasteiger partial charge is 0.375 e. The van der Waals surface area contributed by atoms with Crippen molar-refractivity contribution in [2.45, 2.75) is 26.0 Å². The summed E-state index contributed by atoms with van der Waals surface area (Å²) in [5, 5.41) is 7.25. The number of halogens is 2. The monoisotopic (exact) mass is 313 g/mol. The van der Waals surface area contributed by atoms with Crippen LogP contribution in [0.15, 0.2) is 22.7 Å². The fourth-order valence-electron chi connectivity index (χ4n) is 2.27. The van der Waals surface area contributed by atoms with Crippen LogP contribution in [-0.4, -0.2) is 29.4 Å². The minimum absolute atomic E-state index is 0. The summed E-state index contributed by atoms with van der Waals surface area (Å²) in [7, 11) is 0. The normalized spacial score (nSPS) is 21.9. The Morgan fingerprint density at radius 2 is 2.19 bits per heavy atom. The first-order chi connectivity index (χ1) is 9.65. The van der Waals surface area contributed by atoms with Crippen LogP contribution < -0.4 is 5.32 Å². The Bertz CT molecular complexity index is 620. The van der Waals surface area contributed by atoms with Crippen molar-refractivity contribution in [1.29, 1.82) is 0 Å². The predicted molar refractivity (Wildman–Crippen MR) is 77.8 cm³/mol. The van der Waals surface area contributed by atoms with Gasteiger partial charge in [0.05, 0.1) is 12.7 Å². The van der Waals surface area contributed by atoms with E-state index in [4.69, 9.17) is 9.26 Å². The number of nitrogens with one attached hydrogen (secondary N) is 1. The summed E-state index contributed by atoms with van der Waals surface area (Å²) in [6, 6.07) is 4.65. The van der Waals surface area contributed by atoms with Crippen LogP contribution >= 0.6 is 12.4 Å². The Labute approximate surface area is 128 Å². The highest BCUT2D eigenvalue weighted by Crippen LogP contribution is 2.24. The van der Waals surface area contributed by atoms with E-state index in [0.717, 1.165) is 12.1 Å². The molecule has 0 radical (unpaired) electrons. The standard InChI is InChI=1S/C14H16FN3O2.ClH/c1-8-7-10(3-4-11(8)15)13-17-14(20-18-13)12-9(2)19-6-5-16-12;/h3-4,7,9,12,16H,5-6H2,1-2H3;1H/t9-,12+;/m1./s1. The van der Waals surface area contributed by atoms with Crippen molar-refractivity contribution < 1.29 is 13.7 Å². The molecule has 1 aliphatic rings. The van der Waals surface area contributed by atoms with Crippen molar-refractivity contribution in [1.82, 2.24) is 15.5 Å². The van der Waals surface area contributed by atoms with E-state index in [0.29, 0.717) is 23.9 Å². The molecule has 2 atom stereocenters. The van der Waals surface area contributed by atoms with Gasteiger partial charge in [-0.05, 0) is 37.6 Å². The number of aryl methyl sites for hydroxylation is 1. The molecule has 0 unspecified atom stereocenters. The van der Waals surface area contributed by atoms with Crippen LogP contribution in [0.2, 0.25) is 0 Å².